The summed E-state index contributed by atoms with van der Waals surface area (Å²) in [5.74, 6) is 1.29. The molecule has 0 fully saturated rings. The Hall–Kier alpha value is -3.29. The molecule has 1 aromatic carbocycles. The number of rotatable bonds is 3. The molecule has 1 atom stereocenters. The number of benzene rings is 1. The number of H-pyrrole nitrogens is 1. The second kappa shape index (κ2) is 6.79. The van der Waals surface area contributed by atoms with Crippen molar-refractivity contribution in [3.63, 3.8) is 0 Å². The van der Waals surface area contributed by atoms with E-state index in [9.17, 15) is 9.59 Å². The van der Waals surface area contributed by atoms with E-state index in [0.29, 0.717) is 18.9 Å². The van der Waals surface area contributed by atoms with Gasteiger partial charge in [-0.15, -0.1) is 0 Å². The second-order valence-corrected chi connectivity index (χ2v) is 6.88. The fourth-order valence-corrected chi connectivity index (χ4v) is 3.45. The van der Waals surface area contributed by atoms with Crippen LogP contribution in [0.3, 0.4) is 0 Å². The summed E-state index contributed by atoms with van der Waals surface area (Å²) in [4.78, 5) is 37.4. The summed E-state index contributed by atoms with van der Waals surface area (Å²) in [6.07, 6.45) is 2.53. The number of hydrogen-bond acceptors (Lipinski definition) is 5. The summed E-state index contributed by atoms with van der Waals surface area (Å²) in [5.41, 5.74) is 0.731. The van der Waals surface area contributed by atoms with E-state index in [-0.39, 0.29) is 23.6 Å². The van der Waals surface area contributed by atoms with Crippen LogP contribution in [0.1, 0.15) is 36.2 Å². The molecule has 2 aromatic heterocycles. The molecule has 1 amide bonds. The van der Waals surface area contributed by atoms with E-state index in [1.54, 1.807) is 4.90 Å². The molecule has 3 heterocycles. The molecule has 1 aliphatic heterocycles. The van der Waals surface area contributed by atoms with Crippen molar-refractivity contribution in [2.24, 2.45) is 5.92 Å². The van der Waals surface area contributed by atoms with Gasteiger partial charge in [0.15, 0.2) is 11.6 Å². The SMILES string of the molecule is CC(C)[C@H]1c2nc(-c3ccccc3)nn2CCN1C(=O)c1cncc(=O)[nH]1. The fraction of sp³-hybridized carbons (Fsp3) is 0.316. The van der Waals surface area contributed by atoms with E-state index in [4.69, 9.17) is 4.98 Å². The van der Waals surface area contributed by atoms with Gasteiger partial charge < -0.3 is 9.88 Å². The summed E-state index contributed by atoms with van der Waals surface area (Å²) in [5, 5.41) is 4.63. The molecular formula is C19H20N6O2. The summed E-state index contributed by atoms with van der Waals surface area (Å²) in [7, 11) is 0. The van der Waals surface area contributed by atoms with Gasteiger partial charge >= 0.3 is 0 Å². The van der Waals surface area contributed by atoms with Gasteiger partial charge in [0.05, 0.1) is 25.0 Å². The van der Waals surface area contributed by atoms with Gasteiger partial charge in [0.25, 0.3) is 11.5 Å². The normalized spacial score (nSPS) is 16.4. The Morgan fingerprint density at radius 2 is 1.96 bits per heavy atom. The Kier molecular flexibility index (Phi) is 4.31. The standard InChI is InChI=1S/C19H20N6O2/c1-12(2)16-18-22-17(13-6-4-3-5-7-13)23-25(18)9-8-24(16)19(27)14-10-20-11-15(26)21-14/h3-7,10-12,16H,8-9H2,1-2H3,(H,21,26)/t16-/m0/s1. The molecule has 4 rings (SSSR count). The quantitative estimate of drug-likeness (QED) is 0.765. The predicted octanol–water partition coefficient (Wildman–Crippen LogP) is 1.88. The number of carbonyl (C=O) groups is 1. The zero-order valence-electron chi connectivity index (χ0n) is 15.2. The molecule has 0 saturated heterocycles. The number of aromatic nitrogens is 5. The van der Waals surface area contributed by atoms with E-state index >= 15 is 0 Å². The average Bonchev–Trinajstić information content (AvgIpc) is 3.11. The van der Waals surface area contributed by atoms with Crippen molar-refractivity contribution in [2.45, 2.75) is 26.4 Å². The molecule has 0 radical (unpaired) electrons. The van der Waals surface area contributed by atoms with Crippen LogP contribution in [-0.4, -0.2) is 42.1 Å². The highest BCUT2D eigenvalue weighted by Gasteiger charge is 2.36. The number of aromatic amines is 1. The second-order valence-electron chi connectivity index (χ2n) is 6.88. The van der Waals surface area contributed by atoms with Crippen LogP contribution in [-0.2, 0) is 6.54 Å². The minimum Gasteiger partial charge on any atom is -0.325 e. The predicted molar refractivity (Wildman–Crippen MR) is 98.9 cm³/mol. The molecule has 27 heavy (non-hydrogen) atoms. The molecule has 0 spiro atoms. The van der Waals surface area contributed by atoms with Gasteiger partial charge in [-0.25, -0.2) is 9.67 Å². The number of amides is 1. The number of nitrogens with zero attached hydrogens (tertiary/aromatic N) is 5. The maximum absolute atomic E-state index is 13.0. The molecule has 0 unspecified atom stereocenters. The topological polar surface area (TPSA) is 96.8 Å². The Balaban J connectivity index is 1.72. The molecule has 1 N–H and O–H groups in total. The van der Waals surface area contributed by atoms with Crippen LogP contribution in [0.4, 0.5) is 0 Å². The first kappa shape index (κ1) is 17.1. The Bertz CT molecular complexity index is 1020. The lowest BCUT2D eigenvalue weighted by Crippen LogP contribution is -2.45. The van der Waals surface area contributed by atoms with E-state index in [1.165, 1.54) is 6.20 Å². The zero-order chi connectivity index (χ0) is 19.0. The molecule has 8 heteroatoms. The monoisotopic (exact) mass is 364 g/mol. The van der Waals surface area contributed by atoms with Crippen LogP contribution < -0.4 is 5.56 Å². The van der Waals surface area contributed by atoms with Gasteiger partial charge in [0.1, 0.15) is 5.69 Å². The Labute approximate surface area is 155 Å². The maximum Gasteiger partial charge on any atom is 0.272 e. The molecular weight excluding hydrogens is 344 g/mol. The van der Waals surface area contributed by atoms with Crippen LogP contribution in [0.15, 0.2) is 47.5 Å². The third-order valence-corrected chi connectivity index (χ3v) is 4.66. The number of fused-ring (bicyclic) bond motifs is 1. The first-order valence-electron chi connectivity index (χ1n) is 8.90. The number of hydrogen-bond donors (Lipinski definition) is 1. The van der Waals surface area contributed by atoms with Crippen molar-refractivity contribution < 1.29 is 4.79 Å². The third-order valence-electron chi connectivity index (χ3n) is 4.66. The molecule has 8 nitrogen and oxygen atoms in total. The Morgan fingerprint density at radius 3 is 2.67 bits per heavy atom. The van der Waals surface area contributed by atoms with Crippen LogP contribution in [0.25, 0.3) is 11.4 Å². The minimum atomic E-state index is -0.395. The van der Waals surface area contributed by atoms with Crippen molar-refractivity contribution in [3.05, 3.63) is 64.6 Å². The smallest absolute Gasteiger partial charge is 0.272 e. The van der Waals surface area contributed by atoms with Crippen molar-refractivity contribution in [1.82, 2.24) is 29.6 Å². The van der Waals surface area contributed by atoms with Gasteiger partial charge in [-0.1, -0.05) is 44.2 Å². The maximum atomic E-state index is 13.0. The lowest BCUT2D eigenvalue weighted by Gasteiger charge is -2.37. The summed E-state index contributed by atoms with van der Waals surface area (Å²) < 4.78 is 1.88. The minimum absolute atomic E-state index is 0.129. The van der Waals surface area contributed by atoms with Crippen LogP contribution in [0.2, 0.25) is 0 Å². The third kappa shape index (κ3) is 3.14. The first-order valence-corrected chi connectivity index (χ1v) is 8.90. The molecule has 1 aliphatic rings. The molecule has 0 aliphatic carbocycles. The lowest BCUT2D eigenvalue weighted by molar-refractivity contribution is 0.0530. The molecule has 138 valence electrons. The molecule has 0 bridgehead atoms. The lowest BCUT2D eigenvalue weighted by atomic mass is 9.99. The fourth-order valence-electron chi connectivity index (χ4n) is 3.45. The highest BCUT2D eigenvalue weighted by molar-refractivity contribution is 5.92. The highest BCUT2D eigenvalue weighted by Crippen LogP contribution is 2.33. The van der Waals surface area contributed by atoms with Crippen molar-refractivity contribution >= 4 is 5.91 Å². The van der Waals surface area contributed by atoms with E-state index in [1.807, 2.05) is 48.9 Å². The number of carbonyl (C=O) groups excluding carboxylic acids is 1. The average molecular weight is 364 g/mol. The van der Waals surface area contributed by atoms with Crippen LogP contribution in [0.5, 0.6) is 0 Å². The van der Waals surface area contributed by atoms with E-state index < -0.39 is 5.56 Å². The van der Waals surface area contributed by atoms with Crippen molar-refractivity contribution in [3.8, 4) is 11.4 Å². The Morgan fingerprint density at radius 1 is 1.19 bits per heavy atom. The summed E-state index contributed by atoms with van der Waals surface area (Å²) in [6, 6.07) is 9.54. The van der Waals surface area contributed by atoms with E-state index in [2.05, 4.69) is 15.1 Å². The van der Waals surface area contributed by atoms with Gasteiger partial charge in [0.2, 0.25) is 0 Å². The van der Waals surface area contributed by atoms with E-state index in [0.717, 1.165) is 17.6 Å². The summed E-state index contributed by atoms with van der Waals surface area (Å²) >= 11 is 0. The highest BCUT2D eigenvalue weighted by atomic mass is 16.2. The molecule has 0 saturated carbocycles. The number of nitrogens with one attached hydrogen (secondary N) is 1. The van der Waals surface area contributed by atoms with Gasteiger partial charge in [0, 0.05) is 12.1 Å². The van der Waals surface area contributed by atoms with Crippen molar-refractivity contribution in [1.29, 1.82) is 0 Å². The van der Waals surface area contributed by atoms with Crippen LogP contribution >= 0.6 is 0 Å². The van der Waals surface area contributed by atoms with Gasteiger partial charge in [-0.2, -0.15) is 5.10 Å². The van der Waals surface area contributed by atoms with Crippen molar-refractivity contribution in [2.75, 3.05) is 6.54 Å². The zero-order valence-corrected chi connectivity index (χ0v) is 15.2. The molecule has 3 aromatic rings. The van der Waals surface area contributed by atoms with Gasteiger partial charge in [-0.05, 0) is 5.92 Å². The van der Waals surface area contributed by atoms with Crippen LogP contribution in [0, 0.1) is 5.92 Å². The summed E-state index contributed by atoms with van der Waals surface area (Å²) in [6.45, 7) is 5.13. The first-order chi connectivity index (χ1) is 13.0. The largest absolute Gasteiger partial charge is 0.325 e. The van der Waals surface area contributed by atoms with Gasteiger partial charge in [-0.3, -0.25) is 14.6 Å².